The molecule has 0 saturated heterocycles. The Kier molecular flexibility index (Phi) is 3.48. The van der Waals surface area contributed by atoms with Gasteiger partial charge in [0.15, 0.2) is 0 Å². The topological polar surface area (TPSA) is 42.0 Å². The number of nitrogens with zero attached hydrogens (tertiary/aromatic N) is 1. The average Bonchev–Trinajstić information content (AvgIpc) is 2.94. The molecule has 3 nitrogen and oxygen atoms in total. The first-order chi connectivity index (χ1) is 7.81. The standard InChI is InChI=1S/C11H10N2OS2/c1-2-5-12-10(14)8-7-16-11(13-8)9-4-3-6-15-9/h2-4,6-7H,1,5H2,(H,12,14). The average molecular weight is 250 g/mol. The van der Waals surface area contributed by atoms with Crippen LogP contribution in [-0.4, -0.2) is 17.4 Å². The van der Waals surface area contributed by atoms with Crippen LogP contribution in [0.4, 0.5) is 0 Å². The van der Waals surface area contributed by atoms with Crippen LogP contribution in [0, 0.1) is 0 Å². The Balaban J connectivity index is 2.13. The monoisotopic (exact) mass is 250 g/mol. The Morgan fingerprint density at radius 3 is 3.12 bits per heavy atom. The van der Waals surface area contributed by atoms with Gasteiger partial charge in [-0.3, -0.25) is 4.79 Å². The Hall–Kier alpha value is -1.46. The zero-order valence-electron chi connectivity index (χ0n) is 8.47. The highest BCUT2D eigenvalue weighted by Gasteiger charge is 2.11. The van der Waals surface area contributed by atoms with Crippen molar-refractivity contribution in [2.45, 2.75) is 0 Å². The summed E-state index contributed by atoms with van der Waals surface area (Å²) in [4.78, 5) is 17.0. The Labute approximate surface area is 101 Å². The Bertz CT molecular complexity index is 488. The van der Waals surface area contributed by atoms with E-state index in [1.807, 2.05) is 17.5 Å². The van der Waals surface area contributed by atoms with Crippen LogP contribution in [0.15, 0.2) is 35.5 Å². The third-order valence-electron chi connectivity index (χ3n) is 1.88. The van der Waals surface area contributed by atoms with Crippen LogP contribution < -0.4 is 5.32 Å². The molecular formula is C11H10N2OS2. The summed E-state index contributed by atoms with van der Waals surface area (Å²) in [5.41, 5.74) is 0.468. The number of thiophene rings is 1. The normalized spacial score (nSPS) is 10.0. The predicted molar refractivity (Wildman–Crippen MR) is 68.0 cm³/mol. The maximum absolute atomic E-state index is 11.6. The van der Waals surface area contributed by atoms with E-state index in [0.29, 0.717) is 12.2 Å². The van der Waals surface area contributed by atoms with E-state index in [-0.39, 0.29) is 5.91 Å². The Morgan fingerprint density at radius 1 is 1.56 bits per heavy atom. The molecule has 0 fully saturated rings. The van der Waals surface area contributed by atoms with E-state index < -0.39 is 0 Å². The van der Waals surface area contributed by atoms with Crippen LogP contribution in [0.1, 0.15) is 10.5 Å². The molecule has 0 atom stereocenters. The van der Waals surface area contributed by atoms with Crippen molar-refractivity contribution in [3.05, 3.63) is 41.2 Å². The summed E-state index contributed by atoms with van der Waals surface area (Å²) in [7, 11) is 0. The van der Waals surface area contributed by atoms with E-state index in [9.17, 15) is 4.79 Å². The van der Waals surface area contributed by atoms with Gasteiger partial charge in [-0.2, -0.15) is 0 Å². The molecule has 82 valence electrons. The van der Waals surface area contributed by atoms with Gasteiger partial charge >= 0.3 is 0 Å². The van der Waals surface area contributed by atoms with Crippen molar-refractivity contribution >= 4 is 28.6 Å². The van der Waals surface area contributed by atoms with Gasteiger partial charge in [0, 0.05) is 11.9 Å². The fourth-order valence-corrected chi connectivity index (χ4v) is 2.76. The molecule has 0 spiro atoms. The van der Waals surface area contributed by atoms with Gasteiger partial charge in [-0.25, -0.2) is 4.98 Å². The van der Waals surface area contributed by atoms with Gasteiger partial charge in [0.25, 0.3) is 5.91 Å². The minimum absolute atomic E-state index is 0.154. The number of nitrogens with one attached hydrogen (secondary N) is 1. The van der Waals surface area contributed by atoms with E-state index in [2.05, 4.69) is 16.9 Å². The van der Waals surface area contributed by atoms with E-state index in [0.717, 1.165) is 9.88 Å². The van der Waals surface area contributed by atoms with Crippen LogP contribution in [0.2, 0.25) is 0 Å². The van der Waals surface area contributed by atoms with Gasteiger partial charge in [-0.15, -0.1) is 29.3 Å². The van der Waals surface area contributed by atoms with Gasteiger partial charge < -0.3 is 5.32 Å². The molecule has 0 aliphatic heterocycles. The molecule has 1 N–H and O–H groups in total. The number of hydrogen-bond donors (Lipinski definition) is 1. The van der Waals surface area contributed by atoms with Crippen LogP contribution in [0.5, 0.6) is 0 Å². The van der Waals surface area contributed by atoms with Crippen LogP contribution in [-0.2, 0) is 0 Å². The van der Waals surface area contributed by atoms with Crippen LogP contribution >= 0.6 is 22.7 Å². The lowest BCUT2D eigenvalue weighted by molar-refractivity contribution is 0.0954. The lowest BCUT2D eigenvalue weighted by atomic mass is 10.4. The lowest BCUT2D eigenvalue weighted by Gasteiger charge is -1.96. The summed E-state index contributed by atoms with van der Waals surface area (Å²) in [6, 6.07) is 3.97. The number of hydrogen-bond acceptors (Lipinski definition) is 4. The summed E-state index contributed by atoms with van der Waals surface area (Å²) in [6.07, 6.45) is 1.64. The first kappa shape index (κ1) is 11.0. The van der Waals surface area contributed by atoms with Crippen molar-refractivity contribution in [1.29, 1.82) is 0 Å². The van der Waals surface area contributed by atoms with Gasteiger partial charge in [0.1, 0.15) is 10.7 Å². The second-order valence-electron chi connectivity index (χ2n) is 3.01. The quantitative estimate of drug-likeness (QED) is 0.848. The molecule has 0 aliphatic rings. The number of aromatic nitrogens is 1. The molecule has 0 aliphatic carbocycles. The molecule has 5 heteroatoms. The van der Waals surface area contributed by atoms with Crippen molar-refractivity contribution < 1.29 is 4.79 Å². The van der Waals surface area contributed by atoms with E-state index in [4.69, 9.17) is 0 Å². The minimum Gasteiger partial charge on any atom is -0.347 e. The SMILES string of the molecule is C=CCNC(=O)c1csc(-c2cccs2)n1. The van der Waals surface area contributed by atoms with E-state index in [1.54, 1.807) is 22.8 Å². The summed E-state index contributed by atoms with van der Waals surface area (Å²) in [5.74, 6) is -0.154. The summed E-state index contributed by atoms with van der Waals surface area (Å²) < 4.78 is 0. The molecule has 0 aromatic carbocycles. The van der Waals surface area contributed by atoms with Gasteiger partial charge in [0.05, 0.1) is 4.88 Å². The first-order valence-corrected chi connectivity index (χ1v) is 6.45. The van der Waals surface area contributed by atoms with Crippen molar-refractivity contribution in [3.63, 3.8) is 0 Å². The maximum atomic E-state index is 11.6. The molecule has 2 heterocycles. The summed E-state index contributed by atoms with van der Waals surface area (Å²) in [5, 5.41) is 7.35. The fourth-order valence-electron chi connectivity index (χ4n) is 1.15. The molecule has 1 amide bonds. The largest absolute Gasteiger partial charge is 0.347 e. The van der Waals surface area contributed by atoms with Gasteiger partial charge in [0.2, 0.25) is 0 Å². The van der Waals surface area contributed by atoms with Crippen molar-refractivity contribution in [1.82, 2.24) is 10.3 Å². The fraction of sp³-hybridized carbons (Fsp3) is 0.0909. The zero-order valence-corrected chi connectivity index (χ0v) is 10.1. The second-order valence-corrected chi connectivity index (χ2v) is 4.82. The molecular weight excluding hydrogens is 240 g/mol. The van der Waals surface area contributed by atoms with Gasteiger partial charge in [-0.1, -0.05) is 12.1 Å². The van der Waals surface area contributed by atoms with E-state index >= 15 is 0 Å². The molecule has 0 unspecified atom stereocenters. The third kappa shape index (κ3) is 2.37. The molecule has 16 heavy (non-hydrogen) atoms. The molecule has 2 aromatic heterocycles. The smallest absolute Gasteiger partial charge is 0.271 e. The highest BCUT2D eigenvalue weighted by molar-refractivity contribution is 7.20. The van der Waals surface area contributed by atoms with Crippen molar-refractivity contribution in [2.75, 3.05) is 6.54 Å². The zero-order chi connectivity index (χ0) is 11.4. The lowest BCUT2D eigenvalue weighted by Crippen LogP contribution is -2.23. The highest BCUT2D eigenvalue weighted by atomic mass is 32.1. The number of carbonyl (C=O) groups excluding carboxylic acids is 1. The van der Waals surface area contributed by atoms with E-state index in [1.165, 1.54) is 11.3 Å². The van der Waals surface area contributed by atoms with Crippen LogP contribution in [0.25, 0.3) is 9.88 Å². The maximum Gasteiger partial charge on any atom is 0.271 e. The Morgan fingerprint density at radius 2 is 2.44 bits per heavy atom. The molecule has 2 aromatic rings. The first-order valence-electron chi connectivity index (χ1n) is 4.70. The second kappa shape index (κ2) is 5.05. The van der Waals surface area contributed by atoms with Crippen molar-refractivity contribution in [3.8, 4) is 9.88 Å². The van der Waals surface area contributed by atoms with Gasteiger partial charge in [-0.05, 0) is 11.4 Å². The number of thiazole rings is 1. The number of rotatable bonds is 4. The number of amides is 1. The minimum atomic E-state index is -0.154. The summed E-state index contributed by atoms with van der Waals surface area (Å²) in [6.45, 7) is 4.00. The van der Waals surface area contributed by atoms with Crippen molar-refractivity contribution in [2.24, 2.45) is 0 Å². The van der Waals surface area contributed by atoms with Crippen LogP contribution in [0.3, 0.4) is 0 Å². The molecule has 0 radical (unpaired) electrons. The number of carbonyl (C=O) groups is 1. The molecule has 0 saturated carbocycles. The highest BCUT2D eigenvalue weighted by Crippen LogP contribution is 2.27. The molecule has 0 bridgehead atoms. The predicted octanol–water partition coefficient (Wildman–Crippen LogP) is 2.79. The molecule has 2 rings (SSSR count). The summed E-state index contributed by atoms with van der Waals surface area (Å²) >= 11 is 3.10. The third-order valence-corrected chi connectivity index (χ3v) is 3.76.